The summed E-state index contributed by atoms with van der Waals surface area (Å²) in [7, 11) is 0. The predicted molar refractivity (Wildman–Crippen MR) is 268 cm³/mol. The molecular weight excluding hydrogens is 797 g/mol. The molecule has 0 radical (unpaired) electrons. The average Bonchev–Trinajstić information content (AvgIpc) is 4.04. The van der Waals surface area contributed by atoms with Crippen molar-refractivity contribution >= 4 is 98.9 Å². The van der Waals surface area contributed by atoms with Gasteiger partial charge in [-0.25, -0.2) is 0 Å². The molecule has 0 aliphatic carbocycles. The van der Waals surface area contributed by atoms with Gasteiger partial charge in [0.1, 0.15) is 22.3 Å². The van der Waals surface area contributed by atoms with Crippen LogP contribution in [0.2, 0.25) is 0 Å². The number of hydrogen-bond acceptors (Lipinski definition) is 4. The quantitative estimate of drug-likeness (QED) is 0.173. The number of amidine groups is 2. The zero-order valence-corrected chi connectivity index (χ0v) is 34.8. The van der Waals surface area contributed by atoms with E-state index in [1.54, 1.807) is 0 Å². The highest BCUT2D eigenvalue weighted by Crippen LogP contribution is 2.46. The number of furan rings is 2. The molecular formula is C59H35N4O2-. The van der Waals surface area contributed by atoms with Crippen molar-refractivity contribution in [3.05, 3.63) is 228 Å². The van der Waals surface area contributed by atoms with Gasteiger partial charge in [0.25, 0.3) is 0 Å². The first-order valence-electron chi connectivity index (χ1n) is 21.9. The van der Waals surface area contributed by atoms with Gasteiger partial charge in [0.2, 0.25) is 0 Å². The van der Waals surface area contributed by atoms with Crippen molar-refractivity contribution in [3.8, 4) is 16.8 Å². The second kappa shape index (κ2) is 13.9. The van der Waals surface area contributed by atoms with Gasteiger partial charge < -0.3 is 23.7 Å². The third-order valence-corrected chi connectivity index (χ3v) is 13.1. The number of fused-ring (bicyclic) bond motifs is 11. The molecule has 65 heavy (non-hydrogen) atoms. The van der Waals surface area contributed by atoms with Crippen LogP contribution >= 0.6 is 0 Å². The lowest BCUT2D eigenvalue weighted by Gasteiger charge is -2.32. The van der Waals surface area contributed by atoms with Crippen molar-refractivity contribution < 1.29 is 8.83 Å². The second-order valence-corrected chi connectivity index (χ2v) is 16.8. The molecule has 0 amide bonds. The van der Waals surface area contributed by atoms with Crippen LogP contribution in [-0.2, 0) is 0 Å². The van der Waals surface area contributed by atoms with E-state index in [9.17, 15) is 0 Å². The zero-order valence-electron chi connectivity index (χ0n) is 34.8. The third-order valence-electron chi connectivity index (χ3n) is 13.1. The molecule has 1 atom stereocenters. The van der Waals surface area contributed by atoms with Gasteiger partial charge >= 0.3 is 0 Å². The zero-order chi connectivity index (χ0) is 42.6. The third kappa shape index (κ3) is 5.47. The van der Waals surface area contributed by atoms with E-state index in [1.807, 2.05) is 42.5 Å². The summed E-state index contributed by atoms with van der Waals surface area (Å²) in [4.78, 5) is 10.7. The summed E-state index contributed by atoms with van der Waals surface area (Å²) in [5.41, 5.74) is 11.3. The Balaban J connectivity index is 1.09. The number of para-hydroxylation sites is 4. The number of aliphatic imine (C=N–C) groups is 2. The molecule has 10 aromatic carbocycles. The molecule has 0 saturated heterocycles. The van der Waals surface area contributed by atoms with E-state index in [4.69, 9.17) is 24.1 Å². The molecule has 3 aromatic heterocycles. The molecule has 0 spiro atoms. The summed E-state index contributed by atoms with van der Waals surface area (Å²) in [5.74, 6) is 1.16. The predicted octanol–water partition coefficient (Wildman–Crippen LogP) is 15.8. The van der Waals surface area contributed by atoms with Crippen LogP contribution in [0.5, 0.6) is 0 Å². The highest BCUT2D eigenvalue weighted by molar-refractivity contribution is 6.26. The van der Waals surface area contributed by atoms with Gasteiger partial charge in [-0.1, -0.05) is 158 Å². The summed E-state index contributed by atoms with van der Waals surface area (Å²) in [5, 5.41) is 16.4. The molecule has 304 valence electrons. The van der Waals surface area contributed by atoms with E-state index in [2.05, 4.69) is 168 Å². The second-order valence-electron chi connectivity index (χ2n) is 16.8. The number of rotatable bonds is 5. The normalized spacial score (nSPS) is 14.3. The largest absolute Gasteiger partial charge is 0.456 e. The molecule has 0 saturated carbocycles. The molecule has 13 aromatic rings. The van der Waals surface area contributed by atoms with Crippen molar-refractivity contribution in [2.75, 3.05) is 0 Å². The van der Waals surface area contributed by atoms with Gasteiger partial charge in [0, 0.05) is 49.0 Å². The fourth-order valence-corrected chi connectivity index (χ4v) is 10.2. The van der Waals surface area contributed by atoms with E-state index in [0.29, 0.717) is 11.7 Å². The molecule has 6 heteroatoms. The number of aromatic nitrogens is 1. The molecule has 1 unspecified atom stereocenters. The number of benzene rings is 10. The van der Waals surface area contributed by atoms with Crippen molar-refractivity contribution in [2.45, 2.75) is 6.17 Å². The number of hydrogen-bond donors (Lipinski definition) is 0. The summed E-state index contributed by atoms with van der Waals surface area (Å²) in [6.45, 7) is 0. The van der Waals surface area contributed by atoms with Crippen LogP contribution in [0.15, 0.2) is 225 Å². The summed E-state index contributed by atoms with van der Waals surface area (Å²) < 4.78 is 15.7. The lowest BCUT2D eigenvalue weighted by molar-refractivity contribution is 0.668. The Bertz CT molecular complexity index is 4170. The van der Waals surface area contributed by atoms with Crippen LogP contribution in [-0.4, -0.2) is 16.2 Å². The molecule has 14 rings (SSSR count). The minimum atomic E-state index is -0.533. The van der Waals surface area contributed by atoms with Crippen molar-refractivity contribution in [2.24, 2.45) is 9.98 Å². The maximum atomic E-state index is 6.70. The SMILES string of the molecule is c1ccc(C2N=C(c3ccc(-n4c5ccccc5c5cc6ccccc6cc54)c(-c4c5ccccc5cc5oc6ccccc6c45)c3)N=C(c3cccc4c3oc3ccccc34)[N-]2)cc1. The maximum Gasteiger partial charge on any atom is 0.142 e. The maximum absolute atomic E-state index is 6.70. The highest BCUT2D eigenvalue weighted by Gasteiger charge is 2.24. The Morgan fingerprint density at radius 3 is 1.97 bits per heavy atom. The van der Waals surface area contributed by atoms with Gasteiger partial charge in [-0.2, -0.15) is 0 Å². The molecule has 1 aliphatic rings. The van der Waals surface area contributed by atoms with Crippen LogP contribution in [0.1, 0.15) is 22.9 Å². The van der Waals surface area contributed by atoms with Gasteiger partial charge in [-0.3, -0.25) is 4.99 Å². The Kier molecular flexibility index (Phi) is 7.65. The van der Waals surface area contributed by atoms with E-state index >= 15 is 0 Å². The van der Waals surface area contributed by atoms with Crippen LogP contribution in [0.4, 0.5) is 0 Å². The van der Waals surface area contributed by atoms with Crippen LogP contribution in [0, 0.1) is 0 Å². The van der Waals surface area contributed by atoms with Gasteiger partial charge in [0.15, 0.2) is 0 Å². The van der Waals surface area contributed by atoms with Crippen molar-refractivity contribution in [1.82, 2.24) is 4.57 Å². The molecule has 1 aliphatic heterocycles. The van der Waals surface area contributed by atoms with Crippen LogP contribution in [0.25, 0.3) is 109 Å². The van der Waals surface area contributed by atoms with Gasteiger partial charge in [-0.05, 0) is 87.0 Å². The molecule has 0 N–H and O–H groups in total. The van der Waals surface area contributed by atoms with E-state index in [-0.39, 0.29) is 0 Å². The average molecular weight is 832 g/mol. The Labute approximate surface area is 372 Å². The van der Waals surface area contributed by atoms with Gasteiger partial charge in [0.05, 0.1) is 28.7 Å². The Morgan fingerprint density at radius 1 is 0.446 bits per heavy atom. The molecule has 6 nitrogen and oxygen atoms in total. The smallest absolute Gasteiger partial charge is 0.142 e. The highest BCUT2D eigenvalue weighted by atomic mass is 16.3. The fourth-order valence-electron chi connectivity index (χ4n) is 10.2. The number of nitrogens with zero attached hydrogens (tertiary/aromatic N) is 4. The van der Waals surface area contributed by atoms with E-state index < -0.39 is 6.17 Å². The standard InChI is InChI=1S/C59H35N4O2/c1-2-15-35(16-3-1)57-60-58(62-59(61-57)45-25-14-24-43-42-22-9-12-27-51(42)65-56(43)45)39-29-30-49(63-48-26-11-8-21-41(48)46-31-36-17-4-5-18-37(36)33-50(46)63)47(32-39)54-40-20-7-6-19-38(40)34-53-55(54)44-23-10-13-28-52(44)64-53/h1-34,57H/q-1. The Morgan fingerprint density at radius 2 is 1.12 bits per heavy atom. The minimum Gasteiger partial charge on any atom is -0.456 e. The summed E-state index contributed by atoms with van der Waals surface area (Å²) in [6, 6.07) is 72.5. The van der Waals surface area contributed by atoms with Crippen molar-refractivity contribution in [1.29, 1.82) is 0 Å². The van der Waals surface area contributed by atoms with Crippen LogP contribution in [0.3, 0.4) is 0 Å². The minimum absolute atomic E-state index is 0.533. The first-order valence-corrected chi connectivity index (χ1v) is 21.9. The van der Waals surface area contributed by atoms with E-state index in [1.165, 1.54) is 21.5 Å². The monoisotopic (exact) mass is 831 g/mol. The van der Waals surface area contributed by atoms with Crippen molar-refractivity contribution in [3.63, 3.8) is 0 Å². The Hall–Kier alpha value is -8.74. The molecule has 4 heterocycles. The molecule has 0 bridgehead atoms. The first kappa shape index (κ1) is 35.8. The lowest BCUT2D eigenvalue weighted by Crippen LogP contribution is -2.16. The fraction of sp³-hybridized carbons (Fsp3) is 0.0169. The van der Waals surface area contributed by atoms with E-state index in [0.717, 1.165) is 99.2 Å². The van der Waals surface area contributed by atoms with Crippen LogP contribution < -0.4 is 0 Å². The first-order chi connectivity index (χ1) is 32.2. The topological polar surface area (TPSA) is 70.0 Å². The summed E-state index contributed by atoms with van der Waals surface area (Å²) >= 11 is 0. The lowest BCUT2D eigenvalue weighted by atomic mass is 9.91. The van der Waals surface area contributed by atoms with Gasteiger partial charge in [-0.15, -0.1) is 0 Å². The summed E-state index contributed by atoms with van der Waals surface area (Å²) in [6.07, 6.45) is -0.533. The molecule has 0 fully saturated rings.